The van der Waals surface area contributed by atoms with Crippen LogP contribution in [0.25, 0.3) is 10.8 Å². The van der Waals surface area contributed by atoms with Gasteiger partial charge in [0.25, 0.3) is 0 Å². The minimum atomic E-state index is -4.61. The topological polar surface area (TPSA) is 121 Å². The molecule has 1 heterocycles. The summed E-state index contributed by atoms with van der Waals surface area (Å²) in [5.74, 6) is -1.64. The van der Waals surface area contributed by atoms with Gasteiger partial charge in [0.15, 0.2) is 11.6 Å². The maximum absolute atomic E-state index is 14.1. The van der Waals surface area contributed by atoms with Crippen LogP contribution in [-0.2, 0) is 20.4 Å². The minimum absolute atomic E-state index is 0.0187. The van der Waals surface area contributed by atoms with Crippen LogP contribution in [0.4, 0.5) is 19.4 Å². The first-order valence-corrected chi connectivity index (χ1v) is 12.3. The standard InChI is InChI=1S/C23H26F2N3O6P/c1-28(14-18-8-4-10-20(24)22(18)25)19(9-5-11-34-35(30,31)32)15-33-23(29)27-21-12-16-6-2-3-7-17(16)13-26-21/h2-4,6-8,10,12-13,19H,5,9,11,14-15H2,1H3,(H,26,27,29)(H2,30,31,32). The minimum Gasteiger partial charge on any atom is -0.448 e. The summed E-state index contributed by atoms with van der Waals surface area (Å²) in [6.07, 6.45) is 1.39. The first-order valence-electron chi connectivity index (χ1n) is 10.7. The maximum Gasteiger partial charge on any atom is 0.469 e. The van der Waals surface area contributed by atoms with Crippen LogP contribution in [-0.4, -0.2) is 52.1 Å². The van der Waals surface area contributed by atoms with Gasteiger partial charge in [-0.25, -0.2) is 23.1 Å². The average Bonchev–Trinajstić information content (AvgIpc) is 2.80. The number of phosphoric acid groups is 1. The third kappa shape index (κ3) is 8.34. The van der Waals surface area contributed by atoms with Gasteiger partial charge in [-0.1, -0.05) is 36.4 Å². The predicted octanol–water partition coefficient (Wildman–Crippen LogP) is 4.45. The summed E-state index contributed by atoms with van der Waals surface area (Å²) in [5.41, 5.74) is 0.119. The molecule has 3 N–H and O–H groups in total. The zero-order valence-electron chi connectivity index (χ0n) is 18.9. The van der Waals surface area contributed by atoms with E-state index in [-0.39, 0.29) is 31.7 Å². The lowest BCUT2D eigenvalue weighted by Gasteiger charge is -2.28. The Labute approximate surface area is 200 Å². The molecule has 0 saturated heterocycles. The van der Waals surface area contributed by atoms with Crippen molar-refractivity contribution in [3.63, 3.8) is 0 Å². The smallest absolute Gasteiger partial charge is 0.448 e. The van der Waals surface area contributed by atoms with Crippen molar-refractivity contribution >= 4 is 30.5 Å². The summed E-state index contributed by atoms with van der Waals surface area (Å²) in [6.45, 7) is -0.330. The molecule has 0 bridgehead atoms. The Morgan fingerprint density at radius 1 is 1.17 bits per heavy atom. The molecular formula is C23H26F2N3O6P. The second-order valence-electron chi connectivity index (χ2n) is 7.89. The number of nitrogens with one attached hydrogen (secondary N) is 1. The van der Waals surface area contributed by atoms with E-state index in [4.69, 9.17) is 14.5 Å². The van der Waals surface area contributed by atoms with Gasteiger partial charge in [0.05, 0.1) is 6.61 Å². The molecule has 9 nitrogen and oxygen atoms in total. The number of fused-ring (bicyclic) bond motifs is 1. The van der Waals surface area contributed by atoms with Gasteiger partial charge < -0.3 is 14.5 Å². The molecule has 2 aromatic carbocycles. The maximum atomic E-state index is 14.1. The van der Waals surface area contributed by atoms with Crippen molar-refractivity contribution in [2.24, 2.45) is 0 Å². The summed E-state index contributed by atoms with van der Waals surface area (Å²) in [4.78, 5) is 35.9. The molecule has 0 aliphatic carbocycles. The number of hydrogen-bond acceptors (Lipinski definition) is 6. The highest BCUT2D eigenvalue weighted by Crippen LogP contribution is 2.35. The van der Waals surface area contributed by atoms with E-state index in [0.29, 0.717) is 12.2 Å². The SMILES string of the molecule is CN(Cc1cccc(F)c1F)C(CCCOP(=O)(O)O)COC(=O)Nc1cc2ccccc2cn1. The van der Waals surface area contributed by atoms with Crippen LogP contribution in [0.2, 0.25) is 0 Å². The van der Waals surface area contributed by atoms with Crippen molar-refractivity contribution in [2.45, 2.75) is 25.4 Å². The fraction of sp³-hybridized carbons (Fsp3) is 0.304. The van der Waals surface area contributed by atoms with Gasteiger partial charge in [0, 0.05) is 29.7 Å². The van der Waals surface area contributed by atoms with E-state index in [1.807, 2.05) is 24.3 Å². The molecule has 0 spiro atoms. The lowest BCUT2D eigenvalue weighted by atomic mass is 10.1. The van der Waals surface area contributed by atoms with E-state index >= 15 is 0 Å². The lowest BCUT2D eigenvalue weighted by Crippen LogP contribution is -2.37. The number of pyridine rings is 1. The molecule has 0 saturated carbocycles. The Morgan fingerprint density at radius 2 is 1.91 bits per heavy atom. The molecule has 1 unspecified atom stereocenters. The van der Waals surface area contributed by atoms with E-state index in [9.17, 15) is 18.1 Å². The third-order valence-corrected chi connectivity index (χ3v) is 5.80. The molecule has 3 aromatic rings. The number of phosphoric ester groups is 1. The Hall–Kier alpha value is -2.95. The number of benzene rings is 2. The van der Waals surface area contributed by atoms with E-state index < -0.39 is 31.6 Å². The van der Waals surface area contributed by atoms with E-state index in [1.54, 1.807) is 24.2 Å². The molecule has 12 heteroatoms. The van der Waals surface area contributed by atoms with Crippen LogP contribution in [0.15, 0.2) is 54.7 Å². The van der Waals surface area contributed by atoms with Gasteiger partial charge in [0.2, 0.25) is 0 Å². The number of likely N-dealkylation sites (N-methyl/N-ethyl adjacent to an activating group) is 1. The second-order valence-corrected chi connectivity index (χ2v) is 9.13. The van der Waals surface area contributed by atoms with Gasteiger partial charge in [-0.2, -0.15) is 0 Å². The highest BCUT2D eigenvalue weighted by atomic mass is 31.2. The molecule has 0 radical (unpaired) electrons. The predicted molar refractivity (Wildman–Crippen MR) is 126 cm³/mol. The van der Waals surface area contributed by atoms with Crippen molar-refractivity contribution in [1.82, 2.24) is 9.88 Å². The molecule has 3 rings (SSSR count). The molecule has 0 aliphatic heterocycles. The largest absolute Gasteiger partial charge is 0.469 e. The number of carbonyl (C=O) groups excluding carboxylic acids is 1. The van der Waals surface area contributed by atoms with Gasteiger partial charge in [0.1, 0.15) is 12.4 Å². The molecule has 1 amide bonds. The van der Waals surface area contributed by atoms with E-state index in [1.165, 1.54) is 12.1 Å². The van der Waals surface area contributed by atoms with Crippen molar-refractivity contribution in [3.05, 3.63) is 71.9 Å². The number of hydrogen-bond donors (Lipinski definition) is 3. The number of rotatable bonds is 11. The average molecular weight is 509 g/mol. The summed E-state index contributed by atoms with van der Waals surface area (Å²) < 4.78 is 48.4. The summed E-state index contributed by atoms with van der Waals surface area (Å²) >= 11 is 0. The number of aromatic nitrogens is 1. The van der Waals surface area contributed by atoms with Crippen LogP contribution in [0.1, 0.15) is 18.4 Å². The summed E-state index contributed by atoms with van der Waals surface area (Å²) in [5, 5.41) is 4.35. The fourth-order valence-corrected chi connectivity index (χ4v) is 3.83. The van der Waals surface area contributed by atoms with Crippen molar-refractivity contribution < 1.29 is 37.2 Å². The van der Waals surface area contributed by atoms with Crippen LogP contribution >= 0.6 is 7.82 Å². The first kappa shape index (κ1) is 26.7. The molecule has 1 atom stereocenters. The zero-order valence-corrected chi connectivity index (χ0v) is 19.8. The number of carbonyl (C=O) groups is 1. The third-order valence-electron chi connectivity index (χ3n) is 5.28. The Balaban J connectivity index is 1.62. The van der Waals surface area contributed by atoms with Crippen LogP contribution < -0.4 is 5.32 Å². The van der Waals surface area contributed by atoms with E-state index in [0.717, 1.165) is 16.8 Å². The van der Waals surface area contributed by atoms with Crippen molar-refractivity contribution in [3.8, 4) is 0 Å². The second kappa shape index (κ2) is 12.1. The molecule has 0 aliphatic rings. The lowest BCUT2D eigenvalue weighted by molar-refractivity contribution is 0.0977. The molecule has 1 aromatic heterocycles. The number of anilines is 1. The van der Waals surface area contributed by atoms with Gasteiger partial charge in [-0.05, 0) is 37.4 Å². The normalized spacial score (nSPS) is 12.6. The van der Waals surface area contributed by atoms with Crippen LogP contribution in [0, 0.1) is 11.6 Å². The van der Waals surface area contributed by atoms with Gasteiger partial charge >= 0.3 is 13.9 Å². The Bertz CT molecular complexity index is 1210. The fourth-order valence-electron chi connectivity index (χ4n) is 3.47. The Morgan fingerprint density at radius 3 is 2.66 bits per heavy atom. The number of amides is 1. The molecule has 188 valence electrons. The van der Waals surface area contributed by atoms with Crippen LogP contribution in [0.5, 0.6) is 0 Å². The monoisotopic (exact) mass is 509 g/mol. The summed E-state index contributed by atoms with van der Waals surface area (Å²) in [6, 6.07) is 12.6. The highest BCUT2D eigenvalue weighted by molar-refractivity contribution is 7.46. The molecular weight excluding hydrogens is 483 g/mol. The van der Waals surface area contributed by atoms with Crippen LogP contribution in [0.3, 0.4) is 0 Å². The van der Waals surface area contributed by atoms with Gasteiger partial charge in [-0.3, -0.25) is 14.7 Å². The zero-order chi connectivity index (χ0) is 25.4. The number of halogens is 2. The van der Waals surface area contributed by atoms with E-state index in [2.05, 4.69) is 14.8 Å². The van der Waals surface area contributed by atoms with Crippen molar-refractivity contribution in [1.29, 1.82) is 0 Å². The first-order chi connectivity index (χ1) is 16.6. The number of nitrogens with zero attached hydrogens (tertiary/aromatic N) is 2. The molecule has 0 fully saturated rings. The Kier molecular flexibility index (Phi) is 9.25. The number of ether oxygens (including phenoxy) is 1. The van der Waals surface area contributed by atoms with Crippen molar-refractivity contribution in [2.75, 3.05) is 25.6 Å². The summed E-state index contributed by atoms with van der Waals surface area (Å²) in [7, 11) is -2.97. The highest BCUT2D eigenvalue weighted by Gasteiger charge is 2.21. The van der Waals surface area contributed by atoms with Gasteiger partial charge in [-0.15, -0.1) is 0 Å². The molecule has 35 heavy (non-hydrogen) atoms. The quantitative estimate of drug-likeness (QED) is 0.256.